The quantitative estimate of drug-likeness (QED) is 0.241. The van der Waals surface area contributed by atoms with E-state index < -0.39 is 0 Å². The lowest BCUT2D eigenvalue weighted by molar-refractivity contribution is -0.0533. The average Bonchev–Trinajstić information content (AvgIpc) is 2.71. The highest BCUT2D eigenvalue weighted by Gasteiger charge is 2.07. The van der Waals surface area contributed by atoms with Crippen LogP contribution in [-0.2, 0) is 0 Å². The zero-order valence-electron chi connectivity index (χ0n) is 17.1. The molecule has 6 heteroatoms. The summed E-state index contributed by atoms with van der Waals surface area (Å²) in [4.78, 5) is 11.6. The van der Waals surface area contributed by atoms with Gasteiger partial charge in [0.2, 0.25) is 0 Å². The highest BCUT2D eigenvalue weighted by atomic mass is 33.1. The molecule has 4 nitrogen and oxygen atoms in total. The van der Waals surface area contributed by atoms with Crippen molar-refractivity contribution in [2.75, 3.05) is 31.1 Å². The van der Waals surface area contributed by atoms with Crippen molar-refractivity contribution in [3.8, 4) is 11.5 Å². The third kappa shape index (κ3) is 9.73. The first kappa shape index (κ1) is 22.9. The van der Waals surface area contributed by atoms with Gasteiger partial charge < -0.3 is 9.68 Å². The van der Waals surface area contributed by atoms with Crippen molar-refractivity contribution in [2.45, 2.75) is 33.6 Å². The Morgan fingerprint density at radius 2 is 1.43 bits per heavy atom. The maximum atomic E-state index is 6.05. The molecule has 2 rings (SSSR count). The summed E-state index contributed by atoms with van der Waals surface area (Å²) in [5, 5.41) is 2.08. The molecular formula is C22H32N2O2S2. The number of hydrogen-bond donors (Lipinski definition) is 1. The van der Waals surface area contributed by atoms with Crippen molar-refractivity contribution in [1.29, 1.82) is 0 Å². The Balaban J connectivity index is 1.57. The topological polar surface area (TPSA) is 33.7 Å². The van der Waals surface area contributed by atoms with Crippen molar-refractivity contribution in [1.82, 2.24) is 10.5 Å². The Labute approximate surface area is 177 Å². The van der Waals surface area contributed by atoms with Crippen LogP contribution in [0.4, 0.5) is 0 Å². The molecule has 2 aromatic rings. The molecule has 0 radical (unpaired) electrons. The summed E-state index contributed by atoms with van der Waals surface area (Å²) in [6, 6.07) is 16.3. The number of nitrogens with one attached hydrogen (secondary N) is 1. The second-order valence-corrected chi connectivity index (χ2v) is 9.34. The molecule has 0 saturated heterocycles. The predicted molar refractivity (Wildman–Crippen MR) is 123 cm³/mol. The van der Waals surface area contributed by atoms with Gasteiger partial charge in [-0.15, -0.1) is 5.06 Å². The van der Waals surface area contributed by atoms with Gasteiger partial charge >= 0.3 is 0 Å². The lowest BCUT2D eigenvalue weighted by atomic mass is 10.2. The summed E-state index contributed by atoms with van der Waals surface area (Å²) in [6.45, 7) is 9.05. The van der Waals surface area contributed by atoms with Gasteiger partial charge in [0.15, 0.2) is 0 Å². The van der Waals surface area contributed by atoms with E-state index in [0.717, 1.165) is 49.1 Å². The molecule has 154 valence electrons. The second kappa shape index (κ2) is 13.8. The number of aryl methyl sites for hydroxylation is 2. The smallest absolute Gasteiger partial charge is 0.147 e. The van der Waals surface area contributed by atoms with Gasteiger partial charge in [-0.3, -0.25) is 0 Å². The fourth-order valence-corrected chi connectivity index (χ4v) is 4.23. The van der Waals surface area contributed by atoms with Crippen LogP contribution in [-0.4, -0.2) is 36.2 Å². The molecule has 0 aliphatic heterocycles. The molecule has 0 fully saturated rings. The molecule has 0 saturated carbocycles. The fourth-order valence-electron chi connectivity index (χ4n) is 2.37. The Morgan fingerprint density at radius 3 is 2.07 bits per heavy atom. The van der Waals surface area contributed by atoms with Gasteiger partial charge in [-0.05, 0) is 44.5 Å². The molecule has 0 amide bonds. The molecule has 0 atom stereocenters. The lowest BCUT2D eigenvalue weighted by Crippen LogP contribution is -2.30. The number of benzene rings is 2. The van der Waals surface area contributed by atoms with Crippen LogP contribution in [0.2, 0.25) is 0 Å². The van der Waals surface area contributed by atoms with E-state index in [0.29, 0.717) is 0 Å². The first-order valence-electron chi connectivity index (χ1n) is 9.87. The van der Waals surface area contributed by atoms with Crippen LogP contribution in [0, 0.1) is 13.8 Å². The van der Waals surface area contributed by atoms with Gasteiger partial charge in [0.05, 0.1) is 0 Å². The van der Waals surface area contributed by atoms with Crippen molar-refractivity contribution in [3.63, 3.8) is 0 Å². The average molecular weight is 421 g/mol. The Hall–Kier alpha value is -1.34. The molecule has 0 aliphatic rings. The SMILES string of the molecule is CCCCN(CCSSCCNOc1ccc(C)cc1)Oc1ccc(C)cc1. The zero-order valence-corrected chi connectivity index (χ0v) is 18.8. The number of nitrogens with zero attached hydrogens (tertiary/aromatic N) is 1. The fraction of sp³-hybridized carbons (Fsp3) is 0.455. The van der Waals surface area contributed by atoms with E-state index in [4.69, 9.17) is 9.68 Å². The molecule has 0 bridgehead atoms. The monoisotopic (exact) mass is 420 g/mol. The summed E-state index contributed by atoms with van der Waals surface area (Å²) in [5.41, 5.74) is 5.50. The van der Waals surface area contributed by atoms with Crippen molar-refractivity contribution in [3.05, 3.63) is 59.7 Å². The minimum absolute atomic E-state index is 0.810. The standard InChI is InChI=1S/C22H32N2O2S2/c1-4-5-15-24(26-22-12-8-20(3)9-13-22)16-18-28-27-17-14-23-25-21-10-6-19(2)7-11-21/h6-13,23H,4-5,14-18H2,1-3H3. The minimum atomic E-state index is 0.810. The Kier molecular flexibility index (Phi) is 11.3. The molecule has 1 N–H and O–H groups in total. The third-order valence-electron chi connectivity index (χ3n) is 4.02. The van der Waals surface area contributed by atoms with E-state index in [9.17, 15) is 0 Å². The number of hydroxylamine groups is 3. The van der Waals surface area contributed by atoms with Crippen LogP contribution >= 0.6 is 21.6 Å². The molecule has 0 aromatic heterocycles. The minimum Gasteiger partial charge on any atom is -0.409 e. The molecular weight excluding hydrogens is 388 g/mol. The summed E-state index contributed by atoms with van der Waals surface area (Å²) in [7, 11) is 3.73. The summed E-state index contributed by atoms with van der Waals surface area (Å²) in [5.74, 6) is 3.78. The molecule has 28 heavy (non-hydrogen) atoms. The number of hydrogen-bond acceptors (Lipinski definition) is 6. The van der Waals surface area contributed by atoms with E-state index >= 15 is 0 Å². The van der Waals surface area contributed by atoms with E-state index in [-0.39, 0.29) is 0 Å². The molecule has 0 aliphatic carbocycles. The normalized spacial score (nSPS) is 11.0. The first-order valence-corrected chi connectivity index (χ1v) is 12.4. The molecule has 0 heterocycles. The lowest BCUT2D eigenvalue weighted by Gasteiger charge is -2.22. The second-order valence-electron chi connectivity index (χ2n) is 6.64. The summed E-state index contributed by atoms with van der Waals surface area (Å²) < 4.78 is 0. The predicted octanol–water partition coefficient (Wildman–Crippen LogP) is 5.66. The largest absolute Gasteiger partial charge is 0.409 e. The van der Waals surface area contributed by atoms with E-state index in [1.54, 1.807) is 0 Å². The summed E-state index contributed by atoms with van der Waals surface area (Å²) in [6.07, 6.45) is 2.31. The van der Waals surface area contributed by atoms with Gasteiger partial charge in [0.25, 0.3) is 0 Å². The highest BCUT2D eigenvalue weighted by Crippen LogP contribution is 2.21. The van der Waals surface area contributed by atoms with E-state index in [1.807, 2.05) is 58.0 Å². The molecule has 0 unspecified atom stereocenters. The van der Waals surface area contributed by atoms with Gasteiger partial charge in [-0.25, -0.2) is 0 Å². The van der Waals surface area contributed by atoms with Crippen LogP contribution in [0.1, 0.15) is 30.9 Å². The van der Waals surface area contributed by atoms with Crippen LogP contribution < -0.4 is 15.2 Å². The zero-order chi connectivity index (χ0) is 20.0. The van der Waals surface area contributed by atoms with Crippen LogP contribution in [0.5, 0.6) is 11.5 Å². The number of rotatable bonds is 14. The van der Waals surface area contributed by atoms with E-state index in [2.05, 4.69) is 43.4 Å². The van der Waals surface area contributed by atoms with Crippen molar-refractivity contribution >= 4 is 21.6 Å². The third-order valence-corrected chi connectivity index (χ3v) is 6.41. The van der Waals surface area contributed by atoms with Crippen LogP contribution in [0.3, 0.4) is 0 Å². The van der Waals surface area contributed by atoms with Gasteiger partial charge in [0, 0.05) is 31.1 Å². The van der Waals surface area contributed by atoms with Crippen molar-refractivity contribution < 1.29 is 9.68 Å². The molecule has 2 aromatic carbocycles. The Bertz CT molecular complexity index is 651. The van der Waals surface area contributed by atoms with E-state index in [1.165, 1.54) is 17.5 Å². The Morgan fingerprint density at radius 1 is 0.821 bits per heavy atom. The highest BCUT2D eigenvalue weighted by molar-refractivity contribution is 8.76. The number of unbranched alkanes of at least 4 members (excludes halogenated alkanes) is 1. The van der Waals surface area contributed by atoms with Gasteiger partial charge in [-0.1, -0.05) is 70.3 Å². The maximum absolute atomic E-state index is 6.05. The maximum Gasteiger partial charge on any atom is 0.147 e. The van der Waals surface area contributed by atoms with Gasteiger partial charge in [-0.2, -0.15) is 5.48 Å². The van der Waals surface area contributed by atoms with Crippen molar-refractivity contribution in [2.24, 2.45) is 0 Å². The summed E-state index contributed by atoms with van der Waals surface area (Å²) >= 11 is 0. The molecule has 0 spiro atoms. The first-order chi connectivity index (χ1) is 13.7. The van der Waals surface area contributed by atoms with Gasteiger partial charge in [0.1, 0.15) is 11.5 Å². The van der Waals surface area contributed by atoms with Crippen LogP contribution in [0.15, 0.2) is 48.5 Å². The van der Waals surface area contributed by atoms with Crippen LogP contribution in [0.25, 0.3) is 0 Å².